The molecule has 0 aliphatic carbocycles. The van der Waals surface area contributed by atoms with E-state index < -0.39 is 10.1 Å². The van der Waals surface area contributed by atoms with Crippen LogP contribution in [0, 0.1) is 0 Å². The van der Waals surface area contributed by atoms with E-state index in [1.54, 1.807) is 37.3 Å². The van der Waals surface area contributed by atoms with Crippen LogP contribution in [0.5, 0.6) is 5.75 Å². The zero-order valence-corrected chi connectivity index (χ0v) is 19.1. The number of benzene rings is 2. The van der Waals surface area contributed by atoms with Gasteiger partial charge in [-0.05, 0) is 53.2 Å². The van der Waals surface area contributed by atoms with E-state index in [4.69, 9.17) is 4.18 Å². The molecule has 1 heterocycles. The Balaban J connectivity index is 1.84. The van der Waals surface area contributed by atoms with Crippen molar-refractivity contribution in [1.29, 1.82) is 0 Å². The second-order valence-electron chi connectivity index (χ2n) is 5.55. The molecule has 1 saturated heterocycles. The third-order valence-corrected chi connectivity index (χ3v) is 7.21. The van der Waals surface area contributed by atoms with Crippen molar-refractivity contribution in [1.82, 2.24) is 5.32 Å². The number of thioether (sulfide) groups is 1. The molecule has 28 heavy (non-hydrogen) atoms. The van der Waals surface area contributed by atoms with Crippen LogP contribution in [0.4, 0.5) is 0 Å². The number of rotatable bonds is 5. The molecule has 2 aromatic carbocycles. The van der Waals surface area contributed by atoms with E-state index in [0.717, 1.165) is 0 Å². The molecule has 0 aromatic heterocycles. The average molecular weight is 547 g/mol. The third-order valence-electron chi connectivity index (χ3n) is 3.51. The smallest absolute Gasteiger partial charge is 0.340 e. The largest absolute Gasteiger partial charge is 0.378 e. The van der Waals surface area contributed by atoms with Crippen molar-refractivity contribution in [2.24, 2.45) is 10.2 Å². The minimum absolute atomic E-state index is 0.00656. The molecule has 1 amide bonds. The Bertz CT molecular complexity index is 1090. The predicted octanol–water partition coefficient (Wildman–Crippen LogP) is 3.92. The highest BCUT2D eigenvalue weighted by Gasteiger charge is 2.26. The minimum Gasteiger partial charge on any atom is -0.378 e. The summed E-state index contributed by atoms with van der Waals surface area (Å²) in [6, 6.07) is 11.3. The number of halogens is 2. The summed E-state index contributed by atoms with van der Waals surface area (Å²) in [6.07, 6.45) is 1.36. The number of amides is 1. The molecule has 146 valence electrons. The minimum atomic E-state index is -4.08. The Morgan fingerprint density at radius 1 is 1.21 bits per heavy atom. The summed E-state index contributed by atoms with van der Waals surface area (Å²) in [4.78, 5) is 11.4. The van der Waals surface area contributed by atoms with Crippen molar-refractivity contribution >= 4 is 71.0 Å². The lowest BCUT2D eigenvalue weighted by atomic mass is 10.2. The fourth-order valence-electron chi connectivity index (χ4n) is 2.14. The van der Waals surface area contributed by atoms with Gasteiger partial charge in [-0.1, -0.05) is 39.8 Å². The molecular weight excluding hydrogens is 534 g/mol. The highest BCUT2D eigenvalue weighted by atomic mass is 79.9. The Labute approximate surface area is 183 Å². The van der Waals surface area contributed by atoms with Crippen LogP contribution in [0.3, 0.4) is 0 Å². The summed E-state index contributed by atoms with van der Waals surface area (Å²) in [7, 11) is -4.08. The van der Waals surface area contributed by atoms with Gasteiger partial charge in [0, 0.05) is 14.5 Å². The van der Waals surface area contributed by atoms with Crippen molar-refractivity contribution in [3.63, 3.8) is 0 Å². The molecule has 7 nitrogen and oxygen atoms in total. The molecular formula is C17H13Br2N3O4S2. The first-order valence-corrected chi connectivity index (χ1v) is 11.7. The fraction of sp³-hybridized carbons (Fsp3) is 0.118. The highest BCUT2D eigenvalue weighted by Crippen LogP contribution is 2.29. The molecule has 1 N–H and O–H groups in total. The molecule has 3 rings (SSSR count). The Kier molecular flexibility index (Phi) is 6.58. The monoisotopic (exact) mass is 545 g/mol. The van der Waals surface area contributed by atoms with Crippen molar-refractivity contribution in [2.45, 2.75) is 17.1 Å². The van der Waals surface area contributed by atoms with Crippen LogP contribution in [0.2, 0.25) is 0 Å². The number of carbonyl (C=O) groups excluding carboxylic acids is 1. The van der Waals surface area contributed by atoms with E-state index in [1.165, 1.54) is 30.1 Å². The lowest BCUT2D eigenvalue weighted by molar-refractivity contribution is -0.118. The van der Waals surface area contributed by atoms with E-state index in [2.05, 4.69) is 47.4 Å². The van der Waals surface area contributed by atoms with Gasteiger partial charge in [-0.2, -0.15) is 13.5 Å². The number of nitrogens with zero attached hydrogens (tertiary/aromatic N) is 2. The highest BCUT2D eigenvalue weighted by molar-refractivity contribution is 9.11. The van der Waals surface area contributed by atoms with Gasteiger partial charge in [0.1, 0.15) is 4.90 Å². The molecule has 1 fully saturated rings. The summed E-state index contributed by atoms with van der Waals surface area (Å²) < 4.78 is 31.7. The molecule has 2 aromatic rings. The molecule has 0 spiro atoms. The summed E-state index contributed by atoms with van der Waals surface area (Å²) in [5.74, 6) is -0.0248. The van der Waals surface area contributed by atoms with Crippen molar-refractivity contribution in [3.05, 3.63) is 57.0 Å². The maximum Gasteiger partial charge on any atom is 0.340 e. The SMILES string of the molecule is CC1S/C(=N/N=C/c2ccccc2OS(=O)(=O)c2cc(Br)ccc2Br)NC1=O. The van der Waals surface area contributed by atoms with Crippen LogP contribution in [0.15, 0.2) is 66.5 Å². The van der Waals surface area contributed by atoms with E-state index in [1.807, 2.05) is 0 Å². The molecule has 1 aliphatic rings. The van der Waals surface area contributed by atoms with Gasteiger partial charge in [0.05, 0.1) is 11.5 Å². The molecule has 0 bridgehead atoms. The summed E-state index contributed by atoms with van der Waals surface area (Å²) in [5.41, 5.74) is 0.420. The summed E-state index contributed by atoms with van der Waals surface area (Å²) in [6.45, 7) is 1.76. The van der Waals surface area contributed by atoms with E-state index >= 15 is 0 Å². The Hall–Kier alpha value is -1.69. The van der Waals surface area contributed by atoms with Crippen LogP contribution >= 0.6 is 43.6 Å². The maximum absolute atomic E-state index is 12.7. The number of carbonyl (C=O) groups is 1. The van der Waals surface area contributed by atoms with Gasteiger partial charge >= 0.3 is 10.1 Å². The van der Waals surface area contributed by atoms with E-state index in [9.17, 15) is 13.2 Å². The van der Waals surface area contributed by atoms with Crippen molar-refractivity contribution < 1.29 is 17.4 Å². The lowest BCUT2D eigenvalue weighted by Gasteiger charge is -2.10. The first-order chi connectivity index (χ1) is 13.3. The van der Waals surface area contributed by atoms with Crippen LogP contribution in [-0.4, -0.2) is 31.0 Å². The third kappa shape index (κ3) is 5.02. The van der Waals surface area contributed by atoms with Crippen molar-refractivity contribution in [2.75, 3.05) is 0 Å². The molecule has 0 radical (unpaired) electrons. The number of para-hydroxylation sites is 1. The maximum atomic E-state index is 12.7. The van der Waals surface area contributed by atoms with Gasteiger partial charge in [0.2, 0.25) is 5.91 Å². The molecule has 1 aliphatic heterocycles. The number of hydrogen-bond donors (Lipinski definition) is 1. The first-order valence-electron chi connectivity index (χ1n) is 7.83. The lowest BCUT2D eigenvalue weighted by Crippen LogP contribution is -2.23. The van der Waals surface area contributed by atoms with Gasteiger partial charge in [-0.25, -0.2) is 0 Å². The molecule has 1 unspecified atom stereocenters. The van der Waals surface area contributed by atoms with Gasteiger partial charge < -0.3 is 9.50 Å². The van der Waals surface area contributed by atoms with Gasteiger partial charge in [0.15, 0.2) is 10.9 Å². The zero-order chi connectivity index (χ0) is 20.3. The van der Waals surface area contributed by atoms with Crippen LogP contribution < -0.4 is 9.50 Å². The van der Waals surface area contributed by atoms with E-state index in [0.29, 0.717) is 19.7 Å². The Morgan fingerprint density at radius 3 is 2.68 bits per heavy atom. The second kappa shape index (κ2) is 8.76. The Morgan fingerprint density at radius 2 is 1.96 bits per heavy atom. The van der Waals surface area contributed by atoms with Gasteiger partial charge in [0.25, 0.3) is 0 Å². The van der Waals surface area contributed by atoms with Crippen LogP contribution in [0.1, 0.15) is 12.5 Å². The molecule has 0 saturated carbocycles. The van der Waals surface area contributed by atoms with Crippen molar-refractivity contribution in [3.8, 4) is 5.75 Å². The normalized spacial score (nSPS) is 18.6. The molecule has 1 atom stereocenters. The molecule has 11 heteroatoms. The summed E-state index contributed by atoms with van der Waals surface area (Å²) >= 11 is 7.74. The van der Waals surface area contributed by atoms with E-state index in [-0.39, 0.29) is 21.8 Å². The predicted molar refractivity (Wildman–Crippen MR) is 116 cm³/mol. The average Bonchev–Trinajstić information content (AvgIpc) is 2.96. The van der Waals surface area contributed by atoms with Crippen LogP contribution in [0.25, 0.3) is 0 Å². The topological polar surface area (TPSA) is 97.2 Å². The number of hydrogen-bond acceptors (Lipinski definition) is 7. The zero-order valence-electron chi connectivity index (χ0n) is 14.3. The second-order valence-corrected chi connectivity index (χ2v) is 10.2. The van der Waals surface area contributed by atoms with Crippen LogP contribution in [-0.2, 0) is 14.9 Å². The van der Waals surface area contributed by atoms with Gasteiger partial charge in [-0.15, -0.1) is 5.10 Å². The first kappa shape index (κ1) is 21.0. The fourth-order valence-corrected chi connectivity index (χ4v) is 5.31. The standard InChI is InChI=1S/C17H13Br2N3O4S2/c1-10-16(23)21-17(27-10)22-20-9-11-4-2-3-5-14(11)26-28(24,25)15-8-12(18)6-7-13(15)19/h2-10H,1H3,(H,21,22,23)/b20-9+. The quantitative estimate of drug-likeness (QED) is 0.348. The number of nitrogens with one attached hydrogen (secondary N) is 1. The number of amidine groups is 1. The van der Waals surface area contributed by atoms with Gasteiger partial charge in [-0.3, -0.25) is 4.79 Å². The summed E-state index contributed by atoms with van der Waals surface area (Å²) in [5, 5.41) is 10.6.